The number of pyridine rings is 1. The maximum absolute atomic E-state index is 12.6. The van der Waals surface area contributed by atoms with Crippen molar-refractivity contribution < 1.29 is 0 Å². The summed E-state index contributed by atoms with van der Waals surface area (Å²) in [5, 5.41) is 0.809. The van der Waals surface area contributed by atoms with Gasteiger partial charge in [0.25, 0.3) is 0 Å². The summed E-state index contributed by atoms with van der Waals surface area (Å²) in [6.45, 7) is 6.44. The molecule has 0 unspecified atom stereocenters. The number of hydrogen-bond acceptors (Lipinski definition) is 1. The molecule has 1 heterocycles. The Labute approximate surface area is 127 Å². The number of aromatic amines is 1. The Morgan fingerprint density at radius 1 is 1.05 bits per heavy atom. The lowest BCUT2D eigenvalue weighted by molar-refractivity contribution is 0.513. The van der Waals surface area contributed by atoms with E-state index in [2.05, 4.69) is 18.8 Å². The minimum atomic E-state index is 0.192. The number of hydrogen-bond donors (Lipinski definition) is 1. The fraction of sp³-hybridized carbons (Fsp3) is 0.526. The van der Waals surface area contributed by atoms with Crippen molar-refractivity contribution in [3.8, 4) is 0 Å². The Hall–Kier alpha value is -1.57. The summed E-state index contributed by atoms with van der Waals surface area (Å²) in [5.74, 6) is 0.488. The highest BCUT2D eigenvalue weighted by Crippen LogP contribution is 2.28. The van der Waals surface area contributed by atoms with Crippen LogP contribution in [0, 0.1) is 6.92 Å². The first-order valence-electron chi connectivity index (χ1n) is 8.30. The summed E-state index contributed by atoms with van der Waals surface area (Å²) < 4.78 is 0. The lowest BCUT2D eigenvalue weighted by Crippen LogP contribution is -2.15. The SMILES string of the molecule is CCCCC(CCCC)c1[nH]c2ccccc2c(=O)c1C. The number of fused-ring (bicyclic) bond motifs is 1. The zero-order valence-corrected chi connectivity index (χ0v) is 13.5. The number of unbranched alkanes of at least 4 members (excludes halogenated alkanes) is 2. The first-order chi connectivity index (χ1) is 10.2. The third-order valence-electron chi connectivity index (χ3n) is 4.41. The average Bonchev–Trinajstić information content (AvgIpc) is 2.51. The number of benzene rings is 1. The minimum Gasteiger partial charge on any atom is -0.358 e. The maximum Gasteiger partial charge on any atom is 0.192 e. The molecule has 0 atom stereocenters. The highest BCUT2D eigenvalue weighted by molar-refractivity contribution is 5.79. The predicted octanol–water partition coefficient (Wildman–Crippen LogP) is 5.30. The lowest BCUT2D eigenvalue weighted by Gasteiger charge is -2.19. The minimum absolute atomic E-state index is 0.192. The van der Waals surface area contributed by atoms with Crippen LogP contribution in [0.2, 0.25) is 0 Å². The summed E-state index contributed by atoms with van der Waals surface area (Å²) >= 11 is 0. The molecular formula is C19H27NO. The fourth-order valence-electron chi connectivity index (χ4n) is 3.10. The third-order valence-corrected chi connectivity index (χ3v) is 4.41. The zero-order chi connectivity index (χ0) is 15.2. The molecule has 2 nitrogen and oxygen atoms in total. The summed E-state index contributed by atoms with van der Waals surface area (Å²) in [5.41, 5.74) is 3.24. The molecule has 2 aromatic rings. The molecular weight excluding hydrogens is 258 g/mol. The van der Waals surface area contributed by atoms with Gasteiger partial charge in [0.05, 0.1) is 0 Å². The van der Waals surface area contributed by atoms with Crippen molar-refractivity contribution in [2.75, 3.05) is 0 Å². The standard InChI is InChI=1S/C19H27NO/c1-4-6-10-15(11-7-5-2)18-14(3)19(21)16-12-8-9-13-17(16)20-18/h8-9,12-13,15H,4-7,10-11H2,1-3H3,(H,20,21). The second-order valence-electron chi connectivity index (χ2n) is 6.02. The van der Waals surface area contributed by atoms with Crippen LogP contribution < -0.4 is 5.43 Å². The summed E-state index contributed by atoms with van der Waals surface area (Å²) in [7, 11) is 0. The van der Waals surface area contributed by atoms with Crippen molar-refractivity contribution in [1.82, 2.24) is 4.98 Å². The molecule has 0 saturated carbocycles. The summed E-state index contributed by atoms with van der Waals surface area (Å²) in [6.07, 6.45) is 7.21. The molecule has 1 aromatic carbocycles. The number of rotatable bonds is 7. The quantitative estimate of drug-likeness (QED) is 0.735. The molecule has 0 aliphatic heterocycles. The Bertz CT molecular complexity index is 634. The van der Waals surface area contributed by atoms with E-state index in [9.17, 15) is 4.79 Å². The van der Waals surface area contributed by atoms with Crippen LogP contribution in [0.3, 0.4) is 0 Å². The number of nitrogens with one attached hydrogen (secondary N) is 1. The molecule has 114 valence electrons. The van der Waals surface area contributed by atoms with Crippen molar-refractivity contribution in [2.24, 2.45) is 0 Å². The van der Waals surface area contributed by atoms with Gasteiger partial charge < -0.3 is 4.98 Å². The number of aromatic nitrogens is 1. The van der Waals surface area contributed by atoms with Crippen molar-refractivity contribution in [1.29, 1.82) is 0 Å². The molecule has 0 radical (unpaired) electrons. The van der Waals surface area contributed by atoms with E-state index < -0.39 is 0 Å². The zero-order valence-electron chi connectivity index (χ0n) is 13.5. The van der Waals surface area contributed by atoms with E-state index in [4.69, 9.17) is 0 Å². The van der Waals surface area contributed by atoms with Crippen LogP contribution in [0.1, 0.15) is 69.5 Å². The van der Waals surface area contributed by atoms with Gasteiger partial charge in [-0.1, -0.05) is 51.7 Å². The third kappa shape index (κ3) is 3.55. The van der Waals surface area contributed by atoms with E-state index in [1.165, 1.54) is 44.2 Å². The smallest absolute Gasteiger partial charge is 0.192 e. The molecule has 0 aliphatic rings. The van der Waals surface area contributed by atoms with Crippen LogP contribution in [0.4, 0.5) is 0 Å². The highest BCUT2D eigenvalue weighted by Gasteiger charge is 2.17. The Morgan fingerprint density at radius 2 is 1.67 bits per heavy atom. The van der Waals surface area contributed by atoms with E-state index in [-0.39, 0.29) is 5.43 Å². The molecule has 0 amide bonds. The van der Waals surface area contributed by atoms with Crippen molar-refractivity contribution in [2.45, 2.75) is 65.2 Å². The van der Waals surface area contributed by atoms with Crippen LogP contribution in [0.5, 0.6) is 0 Å². The molecule has 0 bridgehead atoms. The van der Waals surface area contributed by atoms with Crippen LogP contribution >= 0.6 is 0 Å². The van der Waals surface area contributed by atoms with Gasteiger partial charge >= 0.3 is 0 Å². The highest BCUT2D eigenvalue weighted by atomic mass is 16.1. The largest absolute Gasteiger partial charge is 0.358 e. The monoisotopic (exact) mass is 285 g/mol. The molecule has 0 spiro atoms. The van der Waals surface area contributed by atoms with Gasteiger partial charge in [-0.15, -0.1) is 0 Å². The van der Waals surface area contributed by atoms with Gasteiger partial charge in [0.2, 0.25) is 0 Å². The van der Waals surface area contributed by atoms with Gasteiger partial charge in [0.1, 0.15) is 0 Å². The molecule has 1 aromatic heterocycles. The van der Waals surface area contributed by atoms with Crippen molar-refractivity contribution >= 4 is 10.9 Å². The van der Waals surface area contributed by atoms with Gasteiger partial charge in [0, 0.05) is 22.2 Å². The Balaban J connectivity index is 2.45. The molecule has 0 saturated heterocycles. The average molecular weight is 285 g/mol. The van der Waals surface area contributed by atoms with Crippen LogP contribution in [-0.2, 0) is 0 Å². The second kappa shape index (κ2) is 7.44. The fourth-order valence-corrected chi connectivity index (χ4v) is 3.10. The number of para-hydroxylation sites is 1. The lowest BCUT2D eigenvalue weighted by atomic mass is 9.89. The van der Waals surface area contributed by atoms with Gasteiger partial charge in [-0.3, -0.25) is 4.79 Å². The van der Waals surface area contributed by atoms with Crippen molar-refractivity contribution in [3.05, 3.63) is 45.7 Å². The molecule has 21 heavy (non-hydrogen) atoms. The summed E-state index contributed by atoms with van der Waals surface area (Å²) in [4.78, 5) is 16.1. The van der Waals surface area contributed by atoms with Gasteiger partial charge in [-0.05, 0) is 37.8 Å². The van der Waals surface area contributed by atoms with E-state index in [0.29, 0.717) is 5.92 Å². The van der Waals surface area contributed by atoms with E-state index in [1.807, 2.05) is 31.2 Å². The Kier molecular flexibility index (Phi) is 5.60. The summed E-state index contributed by atoms with van der Waals surface area (Å²) in [6, 6.07) is 7.85. The maximum atomic E-state index is 12.6. The second-order valence-corrected chi connectivity index (χ2v) is 6.02. The number of H-pyrrole nitrogens is 1. The molecule has 0 fully saturated rings. The van der Waals surface area contributed by atoms with E-state index in [0.717, 1.165) is 16.5 Å². The molecule has 2 rings (SSSR count). The van der Waals surface area contributed by atoms with Crippen LogP contribution in [0.25, 0.3) is 10.9 Å². The molecule has 1 N–H and O–H groups in total. The van der Waals surface area contributed by atoms with Crippen LogP contribution in [-0.4, -0.2) is 4.98 Å². The van der Waals surface area contributed by atoms with Gasteiger partial charge in [0.15, 0.2) is 5.43 Å². The van der Waals surface area contributed by atoms with Gasteiger partial charge in [-0.25, -0.2) is 0 Å². The first-order valence-corrected chi connectivity index (χ1v) is 8.30. The van der Waals surface area contributed by atoms with Crippen LogP contribution in [0.15, 0.2) is 29.1 Å². The normalized spacial score (nSPS) is 11.4. The first kappa shape index (κ1) is 15.8. The predicted molar refractivity (Wildman–Crippen MR) is 91.1 cm³/mol. The van der Waals surface area contributed by atoms with Crippen molar-refractivity contribution in [3.63, 3.8) is 0 Å². The molecule has 2 heteroatoms. The Morgan fingerprint density at radius 3 is 2.29 bits per heavy atom. The molecule has 0 aliphatic carbocycles. The topological polar surface area (TPSA) is 32.9 Å². The van der Waals surface area contributed by atoms with E-state index in [1.54, 1.807) is 0 Å². The van der Waals surface area contributed by atoms with E-state index >= 15 is 0 Å². The van der Waals surface area contributed by atoms with Gasteiger partial charge in [-0.2, -0.15) is 0 Å².